The van der Waals surface area contributed by atoms with E-state index in [0.29, 0.717) is 0 Å². The number of fused-ring (bicyclic) bond motifs is 1. The lowest BCUT2D eigenvalue weighted by Gasteiger charge is -2.00. The zero-order valence-corrected chi connectivity index (χ0v) is 11.9. The summed E-state index contributed by atoms with van der Waals surface area (Å²) in [5, 5.41) is 0. The molecule has 2 aromatic heterocycles. The molecule has 0 N–H and O–H groups in total. The van der Waals surface area contributed by atoms with Crippen molar-refractivity contribution >= 4 is 23.2 Å². The van der Waals surface area contributed by atoms with Crippen molar-refractivity contribution in [2.45, 2.75) is 17.6 Å². The van der Waals surface area contributed by atoms with Crippen LogP contribution in [0.1, 0.15) is 23.0 Å². The van der Waals surface area contributed by atoms with Crippen LogP contribution < -0.4 is 0 Å². The van der Waals surface area contributed by atoms with Gasteiger partial charge in [0, 0.05) is 28.6 Å². The Morgan fingerprint density at radius 3 is 2.70 bits per heavy atom. The summed E-state index contributed by atoms with van der Waals surface area (Å²) >= 11 is 1.72. The van der Waals surface area contributed by atoms with Gasteiger partial charge in [0.15, 0.2) is 5.78 Å². The van der Waals surface area contributed by atoms with Crippen molar-refractivity contribution in [1.29, 1.82) is 0 Å². The number of hydrogen-bond donors (Lipinski definition) is 0. The van der Waals surface area contributed by atoms with Gasteiger partial charge in [0.1, 0.15) is 5.65 Å². The molecule has 0 atom stereocenters. The van der Waals surface area contributed by atoms with Crippen LogP contribution in [-0.2, 0) is 5.75 Å². The summed E-state index contributed by atoms with van der Waals surface area (Å²) in [6.07, 6.45) is 4.05. The minimum Gasteiger partial charge on any atom is -0.307 e. The summed E-state index contributed by atoms with van der Waals surface area (Å²) in [5.41, 5.74) is 2.77. The van der Waals surface area contributed by atoms with Crippen LogP contribution in [0.4, 0.5) is 0 Å². The lowest BCUT2D eigenvalue weighted by Crippen LogP contribution is -1.90. The van der Waals surface area contributed by atoms with Gasteiger partial charge in [-0.1, -0.05) is 18.2 Å². The standard InChI is InChI=1S/C16H14N2OS/c1-12(19)13-5-7-15(8-6-13)20-11-14-10-18-9-3-2-4-16(18)17-14/h2-10H,11H2,1H3. The van der Waals surface area contributed by atoms with E-state index in [-0.39, 0.29) is 5.78 Å². The van der Waals surface area contributed by atoms with E-state index in [1.165, 1.54) is 0 Å². The van der Waals surface area contributed by atoms with Crippen LogP contribution in [0.25, 0.3) is 5.65 Å². The largest absolute Gasteiger partial charge is 0.307 e. The molecule has 2 heterocycles. The highest BCUT2D eigenvalue weighted by molar-refractivity contribution is 7.98. The first-order chi connectivity index (χ1) is 9.72. The highest BCUT2D eigenvalue weighted by atomic mass is 32.2. The lowest BCUT2D eigenvalue weighted by molar-refractivity contribution is 0.101. The van der Waals surface area contributed by atoms with E-state index >= 15 is 0 Å². The number of hydrogen-bond acceptors (Lipinski definition) is 3. The maximum absolute atomic E-state index is 11.2. The molecule has 100 valence electrons. The van der Waals surface area contributed by atoms with Gasteiger partial charge in [0.05, 0.1) is 5.69 Å². The molecule has 0 aliphatic heterocycles. The van der Waals surface area contributed by atoms with Gasteiger partial charge < -0.3 is 4.40 Å². The van der Waals surface area contributed by atoms with Crippen LogP contribution in [0.5, 0.6) is 0 Å². The van der Waals surface area contributed by atoms with Gasteiger partial charge in [0.2, 0.25) is 0 Å². The Morgan fingerprint density at radius 1 is 1.20 bits per heavy atom. The van der Waals surface area contributed by atoms with Gasteiger partial charge >= 0.3 is 0 Å². The predicted molar refractivity (Wildman–Crippen MR) is 81.2 cm³/mol. The Balaban J connectivity index is 1.71. The van der Waals surface area contributed by atoms with Gasteiger partial charge in [-0.15, -0.1) is 11.8 Å². The summed E-state index contributed by atoms with van der Waals surface area (Å²) in [6.45, 7) is 1.58. The summed E-state index contributed by atoms with van der Waals surface area (Å²) in [7, 11) is 0. The van der Waals surface area contributed by atoms with Crippen molar-refractivity contribution in [2.24, 2.45) is 0 Å². The first kappa shape index (κ1) is 12.9. The van der Waals surface area contributed by atoms with Crippen molar-refractivity contribution in [2.75, 3.05) is 0 Å². The van der Waals surface area contributed by atoms with Gasteiger partial charge in [0.25, 0.3) is 0 Å². The molecule has 20 heavy (non-hydrogen) atoms. The molecule has 0 bridgehead atoms. The molecule has 3 nitrogen and oxygen atoms in total. The molecule has 0 saturated carbocycles. The van der Waals surface area contributed by atoms with Crippen molar-refractivity contribution in [1.82, 2.24) is 9.38 Å². The van der Waals surface area contributed by atoms with E-state index in [2.05, 4.69) is 4.98 Å². The zero-order chi connectivity index (χ0) is 13.9. The van der Waals surface area contributed by atoms with Crippen molar-refractivity contribution in [3.63, 3.8) is 0 Å². The summed E-state index contributed by atoms with van der Waals surface area (Å²) < 4.78 is 2.02. The second-order valence-electron chi connectivity index (χ2n) is 4.57. The Labute approximate surface area is 121 Å². The monoisotopic (exact) mass is 282 g/mol. The molecule has 0 fully saturated rings. The predicted octanol–water partition coefficient (Wildman–Crippen LogP) is 3.83. The molecular weight excluding hydrogens is 268 g/mol. The quantitative estimate of drug-likeness (QED) is 0.539. The van der Waals surface area contributed by atoms with Crippen molar-refractivity contribution < 1.29 is 4.79 Å². The number of nitrogens with zero attached hydrogens (tertiary/aromatic N) is 2. The smallest absolute Gasteiger partial charge is 0.159 e. The van der Waals surface area contributed by atoms with Gasteiger partial charge in [-0.2, -0.15) is 0 Å². The highest BCUT2D eigenvalue weighted by Gasteiger charge is 2.03. The van der Waals surface area contributed by atoms with Gasteiger partial charge in [-0.3, -0.25) is 4.79 Å². The number of thioether (sulfide) groups is 1. The molecule has 0 unspecified atom stereocenters. The second kappa shape index (κ2) is 5.51. The fourth-order valence-corrected chi connectivity index (χ4v) is 2.78. The number of carbonyl (C=O) groups excluding carboxylic acids is 1. The fraction of sp³-hybridized carbons (Fsp3) is 0.125. The van der Waals surface area contributed by atoms with Crippen molar-refractivity contribution in [3.8, 4) is 0 Å². The maximum atomic E-state index is 11.2. The SMILES string of the molecule is CC(=O)c1ccc(SCc2cn3ccccc3n2)cc1. The third-order valence-electron chi connectivity index (χ3n) is 3.06. The Kier molecular flexibility index (Phi) is 3.56. The number of rotatable bonds is 4. The molecule has 4 heteroatoms. The summed E-state index contributed by atoms with van der Waals surface area (Å²) in [4.78, 5) is 16.9. The number of pyridine rings is 1. The average Bonchev–Trinajstić information content (AvgIpc) is 2.88. The van der Waals surface area contributed by atoms with Crippen LogP contribution in [-0.4, -0.2) is 15.2 Å². The third kappa shape index (κ3) is 2.75. The van der Waals surface area contributed by atoms with E-state index in [1.54, 1.807) is 18.7 Å². The number of aromatic nitrogens is 2. The first-order valence-electron chi connectivity index (χ1n) is 6.39. The molecular formula is C16H14N2OS. The van der Waals surface area contributed by atoms with E-state index in [9.17, 15) is 4.79 Å². The zero-order valence-electron chi connectivity index (χ0n) is 11.1. The Bertz CT molecular complexity index is 714. The van der Waals surface area contributed by atoms with Crippen LogP contribution in [0, 0.1) is 0 Å². The normalized spacial score (nSPS) is 10.8. The van der Waals surface area contributed by atoms with Crippen molar-refractivity contribution in [3.05, 3.63) is 66.1 Å². The van der Waals surface area contributed by atoms with E-state index < -0.39 is 0 Å². The summed E-state index contributed by atoms with van der Waals surface area (Å²) in [5.74, 6) is 0.920. The van der Waals surface area contributed by atoms with Crippen LogP contribution >= 0.6 is 11.8 Å². The Hall–Kier alpha value is -2.07. The summed E-state index contributed by atoms with van der Waals surface area (Å²) in [6, 6.07) is 13.7. The maximum Gasteiger partial charge on any atom is 0.159 e. The van der Waals surface area contributed by atoms with Crippen LogP contribution in [0.2, 0.25) is 0 Å². The number of carbonyl (C=O) groups is 1. The van der Waals surface area contributed by atoms with E-state index in [1.807, 2.05) is 59.3 Å². The average molecular weight is 282 g/mol. The second-order valence-corrected chi connectivity index (χ2v) is 5.62. The lowest BCUT2D eigenvalue weighted by atomic mass is 10.2. The molecule has 0 radical (unpaired) electrons. The first-order valence-corrected chi connectivity index (χ1v) is 7.37. The number of ketones is 1. The minimum atomic E-state index is 0.0990. The topological polar surface area (TPSA) is 34.4 Å². The molecule has 0 amide bonds. The molecule has 0 spiro atoms. The van der Waals surface area contributed by atoms with Gasteiger partial charge in [-0.25, -0.2) is 4.98 Å². The minimum absolute atomic E-state index is 0.0990. The van der Waals surface area contributed by atoms with E-state index in [0.717, 1.165) is 27.6 Å². The van der Waals surface area contributed by atoms with E-state index in [4.69, 9.17) is 0 Å². The molecule has 0 aliphatic rings. The molecule has 1 aromatic carbocycles. The van der Waals surface area contributed by atoms with Crippen LogP contribution in [0.15, 0.2) is 59.8 Å². The Morgan fingerprint density at radius 2 is 2.00 bits per heavy atom. The molecule has 3 aromatic rings. The van der Waals surface area contributed by atoms with Gasteiger partial charge in [-0.05, 0) is 31.2 Å². The fourth-order valence-electron chi connectivity index (χ4n) is 2.00. The number of benzene rings is 1. The number of Topliss-reactive ketones (excluding diaryl/α,β-unsaturated/α-hetero) is 1. The third-order valence-corrected chi connectivity index (χ3v) is 4.11. The molecule has 0 saturated heterocycles. The highest BCUT2D eigenvalue weighted by Crippen LogP contribution is 2.23. The van der Waals surface area contributed by atoms with Crippen LogP contribution in [0.3, 0.4) is 0 Å². The molecule has 3 rings (SSSR count). The molecule has 0 aliphatic carbocycles. The number of imidazole rings is 1.